The quantitative estimate of drug-likeness (QED) is 0.832. The number of thiazole rings is 1. The van der Waals surface area contributed by atoms with Crippen LogP contribution in [-0.2, 0) is 4.74 Å². The molecule has 0 aliphatic carbocycles. The normalized spacial score (nSPS) is 13.6. The molecule has 8 heteroatoms. The van der Waals surface area contributed by atoms with Crippen molar-refractivity contribution in [1.29, 1.82) is 0 Å². The van der Waals surface area contributed by atoms with Gasteiger partial charge in [-0.15, -0.1) is 11.3 Å². The number of carboxylic acids is 1. The Hall–Kier alpha value is -1.67. The number of ether oxygens (including phenoxy) is 1. The molecule has 0 saturated carbocycles. The van der Waals surface area contributed by atoms with Crippen LogP contribution < -0.4 is 5.32 Å². The maximum Gasteiger partial charge on any atom is 0.355 e. The number of hydrogen-bond donors (Lipinski definition) is 2. The molecular weight excluding hydrogens is 282 g/mol. The number of hydrogen-bond acceptors (Lipinski definition) is 5. The molecule has 2 atom stereocenters. The molecule has 20 heavy (non-hydrogen) atoms. The Morgan fingerprint density at radius 3 is 2.70 bits per heavy atom. The molecule has 1 aromatic heterocycles. The fourth-order valence-corrected chi connectivity index (χ4v) is 2.29. The van der Waals surface area contributed by atoms with E-state index in [1.165, 1.54) is 21.6 Å². The van der Waals surface area contributed by atoms with E-state index in [0.29, 0.717) is 11.6 Å². The van der Waals surface area contributed by atoms with E-state index in [1.807, 2.05) is 6.92 Å². The van der Waals surface area contributed by atoms with Gasteiger partial charge >= 0.3 is 12.0 Å². The first-order valence-corrected chi connectivity index (χ1v) is 6.95. The van der Waals surface area contributed by atoms with Gasteiger partial charge in [0, 0.05) is 19.5 Å². The second-order valence-corrected chi connectivity index (χ2v) is 5.35. The Morgan fingerprint density at radius 1 is 1.55 bits per heavy atom. The number of amides is 2. The number of nitrogens with one attached hydrogen (secondary N) is 1. The minimum atomic E-state index is -1.07. The highest BCUT2D eigenvalue weighted by atomic mass is 32.1. The van der Waals surface area contributed by atoms with Crippen LogP contribution in [0.4, 0.5) is 4.79 Å². The van der Waals surface area contributed by atoms with Crippen molar-refractivity contribution in [2.45, 2.75) is 25.9 Å². The summed E-state index contributed by atoms with van der Waals surface area (Å²) in [4.78, 5) is 28.3. The summed E-state index contributed by atoms with van der Waals surface area (Å²) in [7, 11) is 3.25. The molecule has 7 nitrogen and oxygen atoms in total. The van der Waals surface area contributed by atoms with Crippen molar-refractivity contribution < 1.29 is 19.4 Å². The molecule has 0 aliphatic rings. The Balaban J connectivity index is 2.62. The highest BCUT2D eigenvalue weighted by Crippen LogP contribution is 2.18. The van der Waals surface area contributed by atoms with Gasteiger partial charge in [0.15, 0.2) is 5.69 Å². The minimum Gasteiger partial charge on any atom is -0.476 e. The Bertz CT molecular complexity index is 477. The second kappa shape index (κ2) is 7.20. The zero-order chi connectivity index (χ0) is 15.3. The largest absolute Gasteiger partial charge is 0.476 e. The number of aromatic carboxylic acids is 1. The third-order valence-corrected chi connectivity index (χ3v) is 3.87. The van der Waals surface area contributed by atoms with Crippen LogP contribution in [0.3, 0.4) is 0 Å². The highest BCUT2D eigenvalue weighted by Gasteiger charge is 2.20. The van der Waals surface area contributed by atoms with Crippen LogP contribution in [-0.4, -0.2) is 53.8 Å². The van der Waals surface area contributed by atoms with E-state index in [0.717, 1.165) is 0 Å². The summed E-state index contributed by atoms with van der Waals surface area (Å²) in [6, 6.07) is -0.662. The van der Waals surface area contributed by atoms with E-state index in [4.69, 9.17) is 9.84 Å². The summed E-state index contributed by atoms with van der Waals surface area (Å²) in [6.07, 6.45) is 0. The van der Waals surface area contributed by atoms with E-state index in [9.17, 15) is 9.59 Å². The van der Waals surface area contributed by atoms with Gasteiger partial charge in [-0.05, 0) is 13.8 Å². The number of nitrogens with zero attached hydrogens (tertiary/aromatic N) is 2. The van der Waals surface area contributed by atoms with E-state index in [1.54, 1.807) is 21.1 Å². The predicted molar refractivity (Wildman–Crippen MR) is 75.1 cm³/mol. The van der Waals surface area contributed by atoms with Gasteiger partial charge in [-0.1, -0.05) is 0 Å². The molecule has 0 bridgehead atoms. The molecule has 0 spiro atoms. The summed E-state index contributed by atoms with van der Waals surface area (Å²) in [5, 5.41) is 13.6. The summed E-state index contributed by atoms with van der Waals surface area (Å²) >= 11 is 1.21. The Kier molecular flexibility index (Phi) is 5.90. The van der Waals surface area contributed by atoms with E-state index in [-0.39, 0.29) is 23.8 Å². The van der Waals surface area contributed by atoms with Crippen molar-refractivity contribution in [2.24, 2.45) is 0 Å². The molecule has 2 unspecified atom stereocenters. The van der Waals surface area contributed by atoms with Crippen LogP contribution >= 0.6 is 11.3 Å². The average molecular weight is 301 g/mol. The van der Waals surface area contributed by atoms with E-state index < -0.39 is 5.97 Å². The van der Waals surface area contributed by atoms with Crippen molar-refractivity contribution in [3.8, 4) is 0 Å². The number of urea groups is 1. The van der Waals surface area contributed by atoms with Crippen LogP contribution in [0.15, 0.2) is 5.38 Å². The van der Waals surface area contributed by atoms with Gasteiger partial charge in [0.2, 0.25) is 0 Å². The monoisotopic (exact) mass is 301 g/mol. The van der Waals surface area contributed by atoms with Crippen LogP contribution in [0.1, 0.15) is 35.4 Å². The molecule has 112 valence electrons. The topological polar surface area (TPSA) is 91.8 Å². The van der Waals surface area contributed by atoms with Gasteiger partial charge in [0.05, 0.1) is 18.7 Å². The SMILES string of the molecule is COCC(C)N(C)C(=O)NC(C)c1nc(C(=O)O)cs1. The first kappa shape index (κ1) is 16.4. The minimum absolute atomic E-state index is 0.00722. The Labute approximate surface area is 121 Å². The van der Waals surface area contributed by atoms with Gasteiger partial charge in [-0.25, -0.2) is 14.6 Å². The van der Waals surface area contributed by atoms with Crippen LogP contribution in [0.2, 0.25) is 0 Å². The molecule has 1 rings (SSSR count). The zero-order valence-electron chi connectivity index (χ0n) is 11.9. The van der Waals surface area contributed by atoms with E-state index in [2.05, 4.69) is 10.3 Å². The highest BCUT2D eigenvalue weighted by molar-refractivity contribution is 7.09. The first-order chi connectivity index (χ1) is 9.36. The van der Waals surface area contributed by atoms with Crippen LogP contribution in [0.25, 0.3) is 0 Å². The van der Waals surface area contributed by atoms with Crippen molar-refractivity contribution >= 4 is 23.3 Å². The third kappa shape index (κ3) is 4.17. The molecule has 2 amide bonds. The molecule has 0 fully saturated rings. The predicted octanol–water partition coefficient (Wildman–Crippen LogP) is 1.58. The lowest BCUT2D eigenvalue weighted by Gasteiger charge is -2.26. The maximum atomic E-state index is 12.0. The van der Waals surface area contributed by atoms with E-state index >= 15 is 0 Å². The van der Waals surface area contributed by atoms with Crippen molar-refractivity contribution in [3.63, 3.8) is 0 Å². The lowest BCUT2D eigenvalue weighted by molar-refractivity contribution is 0.0691. The number of carbonyl (C=O) groups is 2. The molecule has 0 saturated heterocycles. The number of carboxylic acid groups (broad SMARTS) is 1. The van der Waals surface area contributed by atoms with Gasteiger partial charge in [0.1, 0.15) is 5.01 Å². The smallest absolute Gasteiger partial charge is 0.355 e. The van der Waals surface area contributed by atoms with Gasteiger partial charge < -0.3 is 20.1 Å². The summed E-state index contributed by atoms with van der Waals surface area (Å²) < 4.78 is 5.00. The fraction of sp³-hybridized carbons (Fsp3) is 0.583. The maximum absolute atomic E-state index is 12.0. The lowest BCUT2D eigenvalue weighted by atomic mass is 10.3. The fourth-order valence-electron chi connectivity index (χ4n) is 1.49. The molecule has 1 heterocycles. The van der Waals surface area contributed by atoms with Gasteiger partial charge in [-0.2, -0.15) is 0 Å². The standard InChI is InChI=1S/C12H19N3O4S/c1-7(5-19-4)15(3)12(18)13-8(2)10-14-9(6-20-10)11(16)17/h6-8H,5H2,1-4H3,(H,13,18)(H,16,17). The van der Waals surface area contributed by atoms with Crippen molar-refractivity contribution in [3.05, 3.63) is 16.1 Å². The summed E-state index contributed by atoms with van der Waals surface area (Å²) in [5.41, 5.74) is -0.00722. The molecule has 1 aromatic rings. The molecule has 2 N–H and O–H groups in total. The average Bonchev–Trinajstić information content (AvgIpc) is 2.87. The number of carbonyl (C=O) groups excluding carboxylic acids is 1. The molecule has 0 aromatic carbocycles. The summed E-state index contributed by atoms with van der Waals surface area (Å²) in [6.45, 7) is 4.08. The zero-order valence-corrected chi connectivity index (χ0v) is 12.7. The van der Waals surface area contributed by atoms with Crippen molar-refractivity contribution in [1.82, 2.24) is 15.2 Å². The number of likely N-dealkylation sites (N-methyl/N-ethyl adjacent to an activating group) is 1. The Morgan fingerprint density at radius 2 is 2.20 bits per heavy atom. The molecule has 0 aliphatic heterocycles. The lowest BCUT2D eigenvalue weighted by Crippen LogP contribution is -2.44. The molecule has 0 radical (unpaired) electrons. The van der Waals surface area contributed by atoms with Gasteiger partial charge in [0.25, 0.3) is 0 Å². The van der Waals surface area contributed by atoms with Gasteiger partial charge in [-0.3, -0.25) is 0 Å². The first-order valence-electron chi connectivity index (χ1n) is 6.07. The second-order valence-electron chi connectivity index (χ2n) is 4.46. The number of aromatic nitrogens is 1. The summed E-state index contributed by atoms with van der Waals surface area (Å²) in [5.74, 6) is -1.07. The van der Waals surface area contributed by atoms with Crippen molar-refractivity contribution in [2.75, 3.05) is 20.8 Å². The number of rotatable bonds is 6. The van der Waals surface area contributed by atoms with Crippen LogP contribution in [0.5, 0.6) is 0 Å². The van der Waals surface area contributed by atoms with Crippen LogP contribution in [0, 0.1) is 0 Å². The molecular formula is C12H19N3O4S. The third-order valence-electron chi connectivity index (χ3n) is 2.84. The number of methoxy groups -OCH3 is 1.